The number of hydrogen-bond donors (Lipinski definition) is 0. The van der Waals surface area contributed by atoms with Crippen LogP contribution in [-0.2, 0) is 0 Å². The van der Waals surface area contributed by atoms with Crippen molar-refractivity contribution in [3.05, 3.63) is 158 Å². The highest BCUT2D eigenvalue weighted by Gasteiger charge is 2.19. The Bertz CT molecular complexity index is 2870. The zero-order valence-electron chi connectivity index (χ0n) is 30.8. The van der Waals surface area contributed by atoms with Gasteiger partial charge in [-0.05, 0) is 96.0 Å². The number of fused-ring (bicyclic) bond motifs is 6. The second-order valence-electron chi connectivity index (χ2n) is 10.7. The first-order valence-corrected chi connectivity index (χ1v) is 14.1. The van der Waals surface area contributed by atoms with Gasteiger partial charge in [0.15, 0.2) is 0 Å². The van der Waals surface area contributed by atoms with Gasteiger partial charge in [-0.1, -0.05) is 127 Å². The van der Waals surface area contributed by atoms with Gasteiger partial charge in [0.1, 0.15) is 11.2 Å². The molecular weight excluding hydrogens is 520 g/mol. The van der Waals surface area contributed by atoms with Gasteiger partial charge in [-0.25, -0.2) is 0 Å². The number of para-hydroxylation sites is 1. The number of hydrogen-bond acceptors (Lipinski definition) is 1. The van der Waals surface area contributed by atoms with Gasteiger partial charge in [0.2, 0.25) is 0 Å². The molecule has 8 aromatic carbocycles. The van der Waals surface area contributed by atoms with E-state index in [9.17, 15) is 5.48 Å². The van der Waals surface area contributed by atoms with E-state index in [-0.39, 0.29) is 45.7 Å². The summed E-state index contributed by atoms with van der Waals surface area (Å²) in [6.45, 7) is 0. The summed E-state index contributed by atoms with van der Waals surface area (Å²) in [5.41, 5.74) is 4.86. The normalized spacial score (nSPS) is 14.3. The van der Waals surface area contributed by atoms with Gasteiger partial charge in [-0.15, -0.1) is 0 Å². The lowest BCUT2D eigenvalue weighted by molar-refractivity contribution is 0.669. The van der Waals surface area contributed by atoms with Crippen LogP contribution in [0.1, 0.15) is 11.0 Å². The lowest BCUT2D eigenvalue weighted by Crippen LogP contribution is -1.92. The summed E-state index contributed by atoms with van der Waals surface area (Å²) < 4.78 is 78.7. The molecule has 9 rings (SSSR count). The SMILES string of the molecule is [2H]c1c([2H])c([2H])c2c(-c3ccc4oc5ccccc5c4c3)c3c([2H])c([2H])c([2H])c([2H])c3c(-c3cc(-c4ccccc4)c4ccccc4c3)c2c1[2H]. The fourth-order valence-corrected chi connectivity index (χ4v) is 6.40. The molecule has 0 unspecified atom stereocenters. The largest absolute Gasteiger partial charge is 0.456 e. The van der Waals surface area contributed by atoms with E-state index in [0.717, 1.165) is 32.7 Å². The molecule has 0 aliphatic heterocycles. The van der Waals surface area contributed by atoms with Crippen molar-refractivity contribution in [2.45, 2.75) is 0 Å². The summed E-state index contributed by atoms with van der Waals surface area (Å²) >= 11 is 0. The molecule has 9 aromatic rings. The molecule has 1 aromatic heterocycles. The Morgan fingerprint density at radius 2 is 0.977 bits per heavy atom. The van der Waals surface area contributed by atoms with Gasteiger partial charge in [0.05, 0.1) is 11.0 Å². The highest BCUT2D eigenvalue weighted by Crippen LogP contribution is 2.46. The monoisotopic (exact) mass is 554 g/mol. The smallest absolute Gasteiger partial charge is 0.135 e. The Hall–Kier alpha value is -5.66. The van der Waals surface area contributed by atoms with Crippen molar-refractivity contribution in [3.63, 3.8) is 0 Å². The van der Waals surface area contributed by atoms with E-state index in [1.54, 1.807) is 12.1 Å². The highest BCUT2D eigenvalue weighted by molar-refractivity contribution is 6.23. The summed E-state index contributed by atoms with van der Waals surface area (Å²) in [7, 11) is 0. The van der Waals surface area contributed by atoms with Crippen LogP contribution in [0.4, 0.5) is 0 Å². The van der Waals surface area contributed by atoms with E-state index in [4.69, 9.17) is 9.90 Å². The van der Waals surface area contributed by atoms with E-state index < -0.39 is 24.2 Å². The minimum atomic E-state index is -0.432. The quantitative estimate of drug-likeness (QED) is 0.198. The lowest BCUT2D eigenvalue weighted by Gasteiger charge is -2.19. The summed E-state index contributed by atoms with van der Waals surface area (Å²) in [4.78, 5) is 0. The second-order valence-corrected chi connectivity index (χ2v) is 10.7. The predicted molar refractivity (Wildman–Crippen MR) is 183 cm³/mol. The molecule has 0 bridgehead atoms. The number of rotatable bonds is 3. The standard InChI is InChI=1S/C42H26O/c1-2-12-27(13-3-1)37-26-30(24-28-14-4-5-15-31(28)37)42-35-19-8-6-17-33(35)41(34-18-7-9-20-36(34)42)29-22-23-40-38(25-29)32-16-10-11-21-39(32)43-40/h1-26H/i6D,7D,8D,9D,17D,18D,19D,20D. The van der Waals surface area contributed by atoms with Gasteiger partial charge < -0.3 is 4.42 Å². The third kappa shape index (κ3) is 3.72. The first-order chi connectivity index (χ1) is 24.7. The zero-order valence-corrected chi connectivity index (χ0v) is 22.8. The van der Waals surface area contributed by atoms with Crippen LogP contribution in [0.5, 0.6) is 0 Å². The average molecular weight is 555 g/mol. The Morgan fingerprint density at radius 3 is 1.70 bits per heavy atom. The maximum absolute atomic E-state index is 9.37. The van der Waals surface area contributed by atoms with Crippen LogP contribution in [0.25, 0.3) is 87.6 Å². The van der Waals surface area contributed by atoms with E-state index in [0.29, 0.717) is 33.4 Å². The summed E-state index contributed by atoms with van der Waals surface area (Å²) in [5.74, 6) is 0. The zero-order chi connectivity index (χ0) is 35.3. The minimum Gasteiger partial charge on any atom is -0.456 e. The molecule has 1 nitrogen and oxygen atoms in total. The molecule has 0 N–H and O–H groups in total. The Balaban J connectivity index is 1.54. The van der Waals surface area contributed by atoms with E-state index in [1.165, 1.54) is 0 Å². The van der Waals surface area contributed by atoms with E-state index in [2.05, 4.69) is 0 Å². The number of benzene rings is 8. The van der Waals surface area contributed by atoms with Gasteiger partial charge in [0, 0.05) is 10.8 Å². The molecule has 0 radical (unpaired) electrons. The molecule has 0 fully saturated rings. The first kappa shape index (κ1) is 17.3. The Labute approximate surface area is 260 Å². The maximum atomic E-state index is 9.37. The molecule has 0 atom stereocenters. The minimum absolute atomic E-state index is 0.176. The molecule has 1 heteroatoms. The molecule has 200 valence electrons. The van der Waals surface area contributed by atoms with Gasteiger partial charge >= 0.3 is 0 Å². The second kappa shape index (κ2) is 9.44. The van der Waals surface area contributed by atoms with Crippen LogP contribution < -0.4 is 0 Å². The van der Waals surface area contributed by atoms with Gasteiger partial charge in [-0.3, -0.25) is 0 Å². The molecule has 0 amide bonds. The predicted octanol–water partition coefficient (Wildman–Crippen LogP) is 12.0. The molecule has 0 aliphatic rings. The topological polar surface area (TPSA) is 13.1 Å². The Kier molecular flexibility index (Phi) is 3.80. The van der Waals surface area contributed by atoms with Crippen LogP contribution >= 0.6 is 0 Å². The first-order valence-electron chi connectivity index (χ1n) is 18.1. The Morgan fingerprint density at radius 1 is 0.395 bits per heavy atom. The average Bonchev–Trinajstić information content (AvgIpc) is 3.54. The van der Waals surface area contributed by atoms with E-state index in [1.807, 2.05) is 97.1 Å². The van der Waals surface area contributed by atoms with Crippen molar-refractivity contribution in [3.8, 4) is 33.4 Å². The fourth-order valence-electron chi connectivity index (χ4n) is 6.40. The van der Waals surface area contributed by atoms with Gasteiger partial charge in [-0.2, -0.15) is 0 Å². The molecular formula is C42H26O. The summed E-state index contributed by atoms with van der Waals surface area (Å²) in [6, 6.07) is 31.8. The van der Waals surface area contributed by atoms with Gasteiger partial charge in [0.25, 0.3) is 0 Å². The summed E-state index contributed by atoms with van der Waals surface area (Å²) in [6.07, 6.45) is 0. The molecule has 0 saturated carbocycles. The van der Waals surface area contributed by atoms with Crippen molar-refractivity contribution in [2.75, 3.05) is 0 Å². The third-order valence-corrected chi connectivity index (χ3v) is 8.28. The van der Waals surface area contributed by atoms with Crippen molar-refractivity contribution in [1.82, 2.24) is 0 Å². The third-order valence-electron chi connectivity index (χ3n) is 8.28. The molecule has 0 saturated heterocycles. The lowest BCUT2D eigenvalue weighted by atomic mass is 9.84. The molecule has 1 heterocycles. The van der Waals surface area contributed by atoms with E-state index >= 15 is 0 Å². The van der Waals surface area contributed by atoms with Crippen LogP contribution in [0, 0.1) is 0 Å². The van der Waals surface area contributed by atoms with Crippen LogP contribution in [0.15, 0.2) is 162 Å². The molecule has 0 spiro atoms. The van der Waals surface area contributed by atoms with Crippen molar-refractivity contribution in [2.24, 2.45) is 0 Å². The highest BCUT2D eigenvalue weighted by atomic mass is 16.3. The summed E-state index contributed by atoms with van der Waals surface area (Å²) in [5, 5.41) is 4.19. The number of furan rings is 1. The van der Waals surface area contributed by atoms with Crippen molar-refractivity contribution in [1.29, 1.82) is 0 Å². The maximum Gasteiger partial charge on any atom is 0.135 e. The fraction of sp³-hybridized carbons (Fsp3) is 0. The van der Waals surface area contributed by atoms with Crippen molar-refractivity contribution < 1.29 is 15.4 Å². The van der Waals surface area contributed by atoms with Crippen LogP contribution in [-0.4, -0.2) is 0 Å². The molecule has 0 aliphatic carbocycles. The van der Waals surface area contributed by atoms with Crippen LogP contribution in [0.2, 0.25) is 0 Å². The molecule has 43 heavy (non-hydrogen) atoms. The van der Waals surface area contributed by atoms with Crippen LogP contribution in [0.3, 0.4) is 0 Å². The van der Waals surface area contributed by atoms with Crippen molar-refractivity contribution >= 4 is 54.3 Å².